The highest BCUT2D eigenvalue weighted by Crippen LogP contribution is 2.69. The normalized spacial score (nSPS) is 17.7. The Morgan fingerprint density at radius 3 is 0.451 bits per heavy atom. The minimum Gasteiger partial charge on any atom is -0.241 e. The molecule has 0 rings (SSSR count). The molecule has 0 aliphatic carbocycles. The van der Waals surface area contributed by atoms with Crippen molar-refractivity contribution in [1.82, 2.24) is 0 Å². The van der Waals surface area contributed by atoms with Crippen molar-refractivity contribution >= 4 is 0 Å². The molecule has 0 bridgehead atoms. The van der Waals surface area contributed by atoms with Gasteiger partial charge < -0.3 is 0 Å². The summed E-state index contributed by atoms with van der Waals surface area (Å²) in [4.78, 5) is 0. The van der Waals surface area contributed by atoms with Gasteiger partial charge in [0.15, 0.2) is 6.17 Å². The smallest absolute Gasteiger partial charge is 0.241 e. The van der Waals surface area contributed by atoms with Crippen molar-refractivity contribution in [3.63, 3.8) is 0 Å². The maximum absolute atomic E-state index is 13.8. The maximum atomic E-state index is 13.8. The van der Waals surface area contributed by atoms with E-state index < -0.39 is 108 Å². The lowest BCUT2D eigenvalue weighted by Gasteiger charge is -2.46. The van der Waals surface area contributed by atoms with Gasteiger partial charge in [-0.05, 0) is 6.92 Å². The summed E-state index contributed by atoms with van der Waals surface area (Å²) in [6.45, 7) is -1.04. The summed E-state index contributed by atoms with van der Waals surface area (Å²) >= 11 is 0. The Bertz CT molecular complexity index is 1150. The number of alkyl halides is 33. The first-order chi connectivity index (χ1) is 21.4. The lowest BCUT2D eigenvalue weighted by Crippen LogP contribution is -2.79. The highest BCUT2D eigenvalue weighted by molar-refractivity contribution is 5.22. The van der Waals surface area contributed by atoms with Gasteiger partial charge in [0.2, 0.25) is 0 Å². The molecule has 0 N–H and O–H groups in total. The van der Waals surface area contributed by atoms with Crippen LogP contribution in [0.1, 0.15) is 6.92 Å². The van der Waals surface area contributed by atoms with Gasteiger partial charge in [0, 0.05) is 0 Å². The highest BCUT2D eigenvalue weighted by atomic mass is 19.4. The van der Waals surface area contributed by atoms with Gasteiger partial charge >= 0.3 is 95.3 Å². The van der Waals surface area contributed by atoms with Crippen LogP contribution in [0.25, 0.3) is 0 Å². The van der Waals surface area contributed by atoms with Crippen LogP contribution in [0.15, 0.2) is 0 Å². The molecule has 0 aromatic carbocycles. The topological polar surface area (TPSA) is 0 Å². The predicted molar refractivity (Wildman–Crippen MR) is 90.8 cm³/mol. The summed E-state index contributed by atoms with van der Waals surface area (Å²) in [5.74, 6) is -142. The van der Waals surface area contributed by atoms with E-state index in [-0.39, 0.29) is 0 Å². The van der Waals surface area contributed by atoms with E-state index >= 15 is 0 Å². The van der Waals surface area contributed by atoms with Crippen LogP contribution in [-0.4, -0.2) is 101 Å². The minimum absolute atomic E-state index is 1.04. The van der Waals surface area contributed by atoms with E-state index in [9.17, 15) is 145 Å². The molecule has 0 spiro atoms. The zero-order valence-electron chi connectivity index (χ0n) is 22.1. The van der Waals surface area contributed by atoms with E-state index in [2.05, 4.69) is 0 Å². The lowest BCUT2D eigenvalue weighted by molar-refractivity contribution is -0.488. The summed E-state index contributed by atoms with van der Waals surface area (Å²) in [6, 6.07) is 0. The van der Waals surface area contributed by atoms with Crippen molar-refractivity contribution < 1.29 is 145 Å². The fraction of sp³-hybridized carbons (Fsp3) is 1.00. The van der Waals surface area contributed by atoms with Crippen LogP contribution in [0, 0.1) is 0 Å². The molecule has 0 nitrogen and oxygen atoms in total. The maximum Gasteiger partial charge on any atom is 0.385 e. The van der Waals surface area contributed by atoms with E-state index in [1.54, 1.807) is 0 Å². The third-order valence-corrected chi connectivity index (χ3v) is 6.34. The third-order valence-electron chi connectivity index (χ3n) is 6.34. The second-order valence-electron chi connectivity index (χ2n) is 9.63. The first-order valence-electron chi connectivity index (χ1n) is 11.0. The van der Waals surface area contributed by atoms with Crippen LogP contribution in [0.4, 0.5) is 145 Å². The quantitative estimate of drug-likeness (QED) is 0.136. The van der Waals surface area contributed by atoms with Crippen LogP contribution in [0.2, 0.25) is 0 Å². The molecule has 1 unspecified atom stereocenters. The molecule has 0 aliphatic heterocycles. The summed E-state index contributed by atoms with van der Waals surface area (Å²) in [6.07, 6.45) is -11.5. The molecular formula is C18H5F33. The van der Waals surface area contributed by atoms with Crippen molar-refractivity contribution in [2.45, 2.75) is 108 Å². The number of halogens is 33. The Morgan fingerprint density at radius 2 is 0.333 bits per heavy atom. The van der Waals surface area contributed by atoms with E-state index in [0.717, 1.165) is 0 Å². The lowest BCUT2D eigenvalue weighted by atomic mass is 9.82. The molecule has 0 heterocycles. The first kappa shape index (κ1) is 48.7. The van der Waals surface area contributed by atoms with Gasteiger partial charge in [-0.15, -0.1) is 0 Å². The van der Waals surface area contributed by atoms with Gasteiger partial charge in [-0.2, -0.15) is 132 Å². The van der Waals surface area contributed by atoms with Crippen molar-refractivity contribution in [2.75, 3.05) is 0 Å². The minimum atomic E-state index is -10.2. The van der Waals surface area contributed by atoms with E-state index in [4.69, 9.17) is 0 Å². The van der Waals surface area contributed by atoms with Crippen molar-refractivity contribution in [1.29, 1.82) is 0 Å². The van der Waals surface area contributed by atoms with Crippen LogP contribution in [-0.2, 0) is 0 Å². The van der Waals surface area contributed by atoms with Gasteiger partial charge in [-0.3, -0.25) is 0 Å². The molecule has 0 saturated heterocycles. The fourth-order valence-electron chi connectivity index (χ4n) is 2.97. The van der Waals surface area contributed by atoms with Crippen LogP contribution in [0.5, 0.6) is 0 Å². The fourth-order valence-corrected chi connectivity index (χ4v) is 2.97. The average Bonchev–Trinajstić information content (AvgIpc) is 2.90. The number of hydrogen-bond donors (Lipinski definition) is 0. The molecule has 308 valence electrons. The summed E-state index contributed by atoms with van der Waals surface area (Å²) in [7, 11) is 0. The summed E-state index contributed by atoms with van der Waals surface area (Å²) in [5, 5.41) is 0. The van der Waals surface area contributed by atoms with Gasteiger partial charge in [0.05, 0.1) is 0 Å². The largest absolute Gasteiger partial charge is 0.385 e. The third kappa shape index (κ3) is 5.41. The molecule has 1 atom stereocenters. The Morgan fingerprint density at radius 1 is 0.216 bits per heavy atom. The molecule has 0 radical (unpaired) electrons. The Balaban J connectivity index is 7.70. The van der Waals surface area contributed by atoms with Crippen molar-refractivity contribution in [3.8, 4) is 0 Å². The molecule has 0 fully saturated rings. The SMILES string of the molecule is CC(F)C(F)(F)C(F)(F)C(F)(F)C(F)(F)C(F)(F)C(F)(F)C(F)(F)C(F)(F)C(F)(F)C(F)(F)C(F)(F)C(F)(F)C(F)(F)C(F)(F)C(F)(F)C(F)F. The molecular weight excluding hydrogens is 843 g/mol. The second-order valence-corrected chi connectivity index (χ2v) is 9.63. The molecule has 51 heavy (non-hydrogen) atoms. The van der Waals surface area contributed by atoms with Gasteiger partial charge in [-0.25, -0.2) is 13.2 Å². The number of rotatable bonds is 16. The van der Waals surface area contributed by atoms with Crippen molar-refractivity contribution in [2.24, 2.45) is 0 Å². The zero-order chi connectivity index (χ0) is 42.7. The second kappa shape index (κ2) is 11.8. The average molecular weight is 848 g/mol. The van der Waals surface area contributed by atoms with Crippen LogP contribution in [0.3, 0.4) is 0 Å². The molecule has 33 heteroatoms. The Kier molecular flexibility index (Phi) is 11.3. The molecule has 0 aromatic rings. The Hall–Kier alpha value is -2.31. The predicted octanol–water partition coefficient (Wildman–Crippen LogP) is 11.1. The van der Waals surface area contributed by atoms with E-state index in [1.165, 1.54) is 0 Å². The molecule has 0 aliphatic rings. The highest BCUT2D eigenvalue weighted by Gasteiger charge is 3.01. The molecule has 0 aromatic heterocycles. The van der Waals surface area contributed by atoms with Gasteiger partial charge in [-0.1, -0.05) is 0 Å². The van der Waals surface area contributed by atoms with E-state index in [0.29, 0.717) is 0 Å². The standard InChI is InChI=1S/C18H5F33/c1-2(19)4(22,23)6(26,27)8(30,31)10(34,35)12(38,39)14(42,43)16(46,47)18(50,51)17(48,49)15(44,45)13(40,41)11(36,37)9(32,33)7(28,29)5(24,25)3(20)21/h2-3H,1H3. The van der Waals surface area contributed by atoms with E-state index in [1.807, 2.05) is 0 Å². The monoisotopic (exact) mass is 848 g/mol. The molecule has 0 amide bonds. The van der Waals surface area contributed by atoms with Crippen LogP contribution < -0.4 is 0 Å². The molecule has 0 saturated carbocycles. The van der Waals surface area contributed by atoms with Crippen molar-refractivity contribution in [3.05, 3.63) is 0 Å². The summed E-state index contributed by atoms with van der Waals surface area (Å²) in [5.41, 5.74) is 0. The zero-order valence-corrected chi connectivity index (χ0v) is 22.1. The van der Waals surface area contributed by atoms with Gasteiger partial charge in [0.1, 0.15) is 0 Å². The van der Waals surface area contributed by atoms with Crippen LogP contribution >= 0.6 is 0 Å². The first-order valence-corrected chi connectivity index (χ1v) is 11.0. The Labute approximate surface area is 254 Å². The number of hydrogen-bond acceptors (Lipinski definition) is 0. The van der Waals surface area contributed by atoms with Gasteiger partial charge in [0.25, 0.3) is 0 Å². The summed E-state index contributed by atoms with van der Waals surface area (Å²) < 4.78 is 442.